The van der Waals surface area contributed by atoms with Gasteiger partial charge in [-0.05, 0) is 42.3 Å². The van der Waals surface area contributed by atoms with E-state index in [9.17, 15) is 51.7 Å². The Labute approximate surface area is 379 Å². The second kappa shape index (κ2) is 21.8. The van der Waals surface area contributed by atoms with Crippen molar-refractivity contribution in [2.24, 2.45) is 0 Å². The van der Waals surface area contributed by atoms with Crippen molar-refractivity contribution in [1.29, 1.82) is 0 Å². The van der Waals surface area contributed by atoms with Crippen LogP contribution in [0.1, 0.15) is 13.3 Å². The number of hydrogen-bond acceptors (Lipinski definition) is 13. The van der Waals surface area contributed by atoms with Crippen LogP contribution in [0.15, 0.2) is 110 Å². The molecule has 4 N–H and O–H groups in total. The van der Waals surface area contributed by atoms with E-state index in [4.69, 9.17) is 17.3 Å². The number of aryl methyl sites for hydroxylation is 1. The quantitative estimate of drug-likeness (QED) is 0.0304. The second-order valence-electron chi connectivity index (χ2n) is 13.7. The molecule has 4 aromatic heterocycles. The van der Waals surface area contributed by atoms with Crippen LogP contribution in [0.4, 0.5) is 55.0 Å². The van der Waals surface area contributed by atoms with Gasteiger partial charge in [-0.15, -0.1) is 0 Å². The number of nitrogens with one attached hydrogen (secondary N) is 1. The molecule has 0 aliphatic rings. The van der Waals surface area contributed by atoms with Crippen molar-refractivity contribution in [3.63, 3.8) is 0 Å². The molecule has 8 rings (SSSR count). The van der Waals surface area contributed by atoms with Crippen LogP contribution in [0.5, 0.6) is 11.5 Å². The summed E-state index contributed by atoms with van der Waals surface area (Å²) < 4.78 is 88.1. The van der Waals surface area contributed by atoms with Crippen LogP contribution < -0.4 is 20.5 Å². The molecule has 4 heterocycles. The summed E-state index contributed by atoms with van der Waals surface area (Å²) in [6.45, 7) is -2.98. The minimum atomic E-state index is -3.28. The van der Waals surface area contributed by atoms with Crippen molar-refractivity contribution in [3.05, 3.63) is 147 Å². The standard InChI is InChI=1S/C21H16F3N5O4.C15H14ClN3.C7H5F3N2O3/c22-14-9-19(33-20(23)24)16(10-18(14)29(31)32)27-21-25-6-5-15(26-21)13-11-28(7-8-30)17-4-2-1-3-12(13)17;1-2-9-19-10-12(11-5-3-4-6-14(11)19)13-7-8-17-15(16)18-13;8-3-1-6(15-7(9)10)4(11)2-5(3)12(13)14/h1-6,9-11,20,30H,7-8H2,(H,25,26,27);3-8,10H,2,9H2,1H3;1-2,7H,11H2. The number of nitro groups is 2. The van der Waals surface area contributed by atoms with E-state index in [1.165, 1.54) is 17.1 Å². The Bertz CT molecular complexity index is 3050. The lowest BCUT2D eigenvalue weighted by Gasteiger charge is -2.12. The third-order valence-electron chi connectivity index (χ3n) is 9.42. The minimum absolute atomic E-state index is 0.0645. The first kappa shape index (κ1) is 48.4. The average molecular weight is 953 g/mol. The highest BCUT2D eigenvalue weighted by Gasteiger charge is 2.23. The molecular formula is C43H35ClF6N10O7. The minimum Gasteiger partial charge on any atom is -0.433 e. The Morgan fingerprint density at radius 3 is 1.79 bits per heavy atom. The topological polar surface area (TPSA) is 224 Å². The maximum absolute atomic E-state index is 13.9. The van der Waals surface area contributed by atoms with Gasteiger partial charge in [-0.3, -0.25) is 20.2 Å². The first-order valence-corrected chi connectivity index (χ1v) is 19.9. The first-order valence-electron chi connectivity index (χ1n) is 19.5. The van der Waals surface area contributed by atoms with Gasteiger partial charge in [0.1, 0.15) is 0 Å². The van der Waals surface area contributed by atoms with Crippen molar-refractivity contribution < 1.29 is 50.8 Å². The summed E-state index contributed by atoms with van der Waals surface area (Å²) in [7, 11) is 0. The van der Waals surface area contributed by atoms with Gasteiger partial charge in [0.2, 0.25) is 22.9 Å². The zero-order valence-electron chi connectivity index (χ0n) is 34.6. The van der Waals surface area contributed by atoms with Crippen LogP contribution in [0.2, 0.25) is 5.28 Å². The van der Waals surface area contributed by atoms with E-state index in [0.29, 0.717) is 30.4 Å². The molecule has 0 atom stereocenters. The highest BCUT2D eigenvalue weighted by molar-refractivity contribution is 6.28. The number of aliphatic hydroxyl groups is 1. The normalized spacial score (nSPS) is 11.0. The van der Waals surface area contributed by atoms with E-state index in [1.807, 2.05) is 41.0 Å². The first-order chi connectivity index (χ1) is 32.1. The molecule has 0 radical (unpaired) electrons. The van der Waals surface area contributed by atoms with Gasteiger partial charge >= 0.3 is 24.6 Å². The number of fused-ring (bicyclic) bond motifs is 2. The van der Waals surface area contributed by atoms with Gasteiger partial charge < -0.3 is 34.8 Å². The lowest BCUT2D eigenvalue weighted by atomic mass is 10.1. The van der Waals surface area contributed by atoms with E-state index in [2.05, 4.69) is 70.6 Å². The predicted octanol–water partition coefficient (Wildman–Crippen LogP) is 10.6. The predicted molar refractivity (Wildman–Crippen MR) is 235 cm³/mol. The molecule has 348 valence electrons. The largest absolute Gasteiger partial charge is 0.433 e. The maximum atomic E-state index is 13.9. The number of nitrogen functional groups attached to an aromatic ring is 1. The molecule has 0 amide bonds. The van der Waals surface area contributed by atoms with E-state index in [0.717, 1.165) is 46.8 Å². The van der Waals surface area contributed by atoms with Crippen LogP contribution in [-0.2, 0) is 13.1 Å². The summed E-state index contributed by atoms with van der Waals surface area (Å²) in [6.07, 6.45) is 8.15. The average Bonchev–Trinajstić information content (AvgIpc) is 3.84. The number of halogens is 7. The van der Waals surface area contributed by atoms with Crippen molar-refractivity contribution in [2.45, 2.75) is 39.7 Å². The number of anilines is 3. The number of rotatable bonds is 14. The fourth-order valence-electron chi connectivity index (χ4n) is 6.67. The summed E-state index contributed by atoms with van der Waals surface area (Å²) >= 11 is 5.88. The summed E-state index contributed by atoms with van der Waals surface area (Å²) in [5, 5.41) is 35.6. The zero-order chi connectivity index (χ0) is 48.4. The fourth-order valence-corrected chi connectivity index (χ4v) is 6.81. The van der Waals surface area contributed by atoms with Gasteiger partial charge in [-0.1, -0.05) is 43.3 Å². The number of nitrogens with zero attached hydrogens (tertiary/aromatic N) is 8. The summed E-state index contributed by atoms with van der Waals surface area (Å²) in [5.41, 5.74) is 7.86. The molecule has 24 heteroatoms. The van der Waals surface area contributed by atoms with Crippen LogP contribution >= 0.6 is 11.6 Å². The van der Waals surface area contributed by atoms with E-state index in [1.54, 1.807) is 18.5 Å². The molecule has 0 unspecified atom stereocenters. The summed E-state index contributed by atoms with van der Waals surface area (Å²) in [4.78, 5) is 35.9. The Morgan fingerprint density at radius 1 is 0.746 bits per heavy atom. The van der Waals surface area contributed by atoms with Crippen LogP contribution in [0, 0.1) is 31.9 Å². The number of alkyl halides is 4. The lowest BCUT2D eigenvalue weighted by Crippen LogP contribution is -2.07. The molecule has 17 nitrogen and oxygen atoms in total. The van der Waals surface area contributed by atoms with Crippen molar-refractivity contribution in [2.75, 3.05) is 17.7 Å². The van der Waals surface area contributed by atoms with Gasteiger partial charge in [-0.2, -0.15) is 26.3 Å². The molecule has 4 aromatic carbocycles. The van der Waals surface area contributed by atoms with Crippen LogP contribution in [0.3, 0.4) is 0 Å². The number of hydrogen-bond donors (Lipinski definition) is 3. The Kier molecular flexibility index (Phi) is 15.7. The molecule has 0 spiro atoms. The third-order valence-corrected chi connectivity index (χ3v) is 9.60. The fraction of sp³-hybridized carbons (Fsp3) is 0.163. The number of para-hydroxylation sites is 2. The Hall–Kier alpha value is -8.05. The molecule has 0 saturated heterocycles. The van der Waals surface area contributed by atoms with Gasteiger partial charge in [0.05, 0.1) is 39.2 Å². The number of nitrogens with two attached hydrogens (primary N) is 1. The molecule has 0 bridgehead atoms. The second-order valence-corrected chi connectivity index (χ2v) is 14.1. The highest BCUT2D eigenvalue weighted by Crippen LogP contribution is 2.36. The molecule has 0 fully saturated rings. The van der Waals surface area contributed by atoms with Crippen molar-refractivity contribution in [1.82, 2.24) is 29.1 Å². The van der Waals surface area contributed by atoms with E-state index in [-0.39, 0.29) is 23.5 Å². The number of benzene rings is 4. The lowest BCUT2D eigenvalue weighted by molar-refractivity contribution is -0.387. The van der Waals surface area contributed by atoms with Gasteiger partial charge in [0.15, 0.2) is 11.5 Å². The highest BCUT2D eigenvalue weighted by atomic mass is 35.5. The third kappa shape index (κ3) is 11.8. The summed E-state index contributed by atoms with van der Waals surface area (Å²) in [5.74, 6) is -3.96. The van der Waals surface area contributed by atoms with Crippen molar-refractivity contribution in [3.8, 4) is 34.0 Å². The zero-order valence-corrected chi connectivity index (χ0v) is 35.3. The number of ether oxygens (including phenoxy) is 2. The molecule has 0 aliphatic heterocycles. The number of nitro benzene ring substituents is 2. The molecular weight excluding hydrogens is 918 g/mol. The maximum Gasteiger partial charge on any atom is 0.387 e. The van der Waals surface area contributed by atoms with Gasteiger partial charge in [0.25, 0.3) is 0 Å². The van der Waals surface area contributed by atoms with Gasteiger partial charge in [-0.25, -0.2) is 19.9 Å². The van der Waals surface area contributed by atoms with Gasteiger partial charge in [0, 0.05) is 95.1 Å². The van der Waals surface area contributed by atoms with Crippen LogP contribution in [0.25, 0.3) is 44.3 Å². The smallest absolute Gasteiger partial charge is 0.387 e. The van der Waals surface area contributed by atoms with E-state index >= 15 is 0 Å². The van der Waals surface area contributed by atoms with Crippen molar-refractivity contribution >= 4 is 62.1 Å². The summed E-state index contributed by atoms with van der Waals surface area (Å²) in [6, 6.07) is 21.7. The molecule has 67 heavy (non-hydrogen) atoms. The Balaban J connectivity index is 0.000000184. The van der Waals surface area contributed by atoms with Crippen LogP contribution in [-0.4, -0.2) is 63.9 Å². The van der Waals surface area contributed by atoms with E-state index < -0.39 is 63.3 Å². The SMILES string of the molecule is CCCn1cc(-c2ccnc(Cl)n2)c2ccccc21.Nc1cc([N+](=O)[O-])c(F)cc1OC(F)F.O=[N+]([O-])c1cc(Nc2nccc(-c3cn(CCO)c4ccccc34)n2)c(OC(F)F)cc1F. The monoisotopic (exact) mass is 952 g/mol. The molecule has 8 aromatic rings. The molecule has 0 aliphatic carbocycles. The molecule has 0 saturated carbocycles. The number of aromatic nitrogens is 6. The Morgan fingerprint density at radius 2 is 1.25 bits per heavy atom. The number of aliphatic hydroxyl groups excluding tert-OH is 1.